The number of ether oxygens (including phenoxy) is 2. The van der Waals surface area contributed by atoms with Gasteiger partial charge >= 0.3 is 0 Å². The van der Waals surface area contributed by atoms with E-state index in [-0.39, 0.29) is 23.9 Å². The summed E-state index contributed by atoms with van der Waals surface area (Å²) in [5.41, 5.74) is -0.208. The lowest BCUT2D eigenvalue weighted by atomic mass is 10.3. The fraction of sp³-hybridized carbons (Fsp3) is 0.278. The van der Waals surface area contributed by atoms with Crippen molar-refractivity contribution in [1.29, 1.82) is 0 Å². The summed E-state index contributed by atoms with van der Waals surface area (Å²) in [5.74, 6) is 1.87. The Morgan fingerprint density at radius 2 is 2.21 bits per heavy atom. The lowest BCUT2D eigenvalue weighted by Crippen LogP contribution is -2.36. The van der Waals surface area contributed by atoms with Gasteiger partial charge in [-0.3, -0.25) is 4.79 Å². The molecule has 1 aliphatic heterocycles. The van der Waals surface area contributed by atoms with Crippen molar-refractivity contribution in [3.05, 3.63) is 52.8 Å². The SMILES string of the molecule is COc1cccc(Oc2cc(C3Nc4c(nc[nH]c4=O)N3C[C@H](O)CF)on2)c1. The third-order valence-electron chi connectivity index (χ3n) is 4.32. The number of aromatic nitrogens is 3. The summed E-state index contributed by atoms with van der Waals surface area (Å²) < 4.78 is 29.1. The van der Waals surface area contributed by atoms with Gasteiger partial charge in [-0.2, -0.15) is 0 Å². The number of rotatable bonds is 7. The number of β-amino-alcohol motifs (C(OH)–C–C–N with tert-alkyl or cyclic N) is 1. The topological polar surface area (TPSA) is 126 Å². The summed E-state index contributed by atoms with van der Waals surface area (Å²) in [6.45, 7) is -1.05. The van der Waals surface area contributed by atoms with Gasteiger partial charge in [-0.15, -0.1) is 0 Å². The molecule has 1 unspecified atom stereocenters. The molecule has 0 fully saturated rings. The van der Waals surface area contributed by atoms with Crippen LogP contribution in [0.4, 0.5) is 15.9 Å². The Bertz CT molecular complexity index is 1050. The van der Waals surface area contributed by atoms with Gasteiger partial charge in [0.25, 0.3) is 11.4 Å². The van der Waals surface area contributed by atoms with E-state index >= 15 is 0 Å². The summed E-state index contributed by atoms with van der Waals surface area (Å²) in [6.07, 6.45) is -0.753. The summed E-state index contributed by atoms with van der Waals surface area (Å²) in [6, 6.07) is 8.49. The predicted octanol–water partition coefficient (Wildman–Crippen LogP) is 1.82. The number of hydrogen-bond acceptors (Lipinski definition) is 9. The monoisotopic (exact) mass is 403 g/mol. The first kappa shape index (κ1) is 18.7. The van der Waals surface area contributed by atoms with Gasteiger partial charge in [-0.1, -0.05) is 6.07 Å². The van der Waals surface area contributed by atoms with Crippen LogP contribution in [0.1, 0.15) is 11.9 Å². The Balaban J connectivity index is 1.60. The number of aromatic amines is 1. The molecule has 152 valence electrons. The molecule has 0 amide bonds. The number of anilines is 2. The van der Waals surface area contributed by atoms with E-state index < -0.39 is 24.5 Å². The van der Waals surface area contributed by atoms with Crippen LogP contribution >= 0.6 is 0 Å². The first-order chi connectivity index (χ1) is 14.1. The number of benzene rings is 1. The van der Waals surface area contributed by atoms with E-state index in [1.165, 1.54) is 17.3 Å². The number of nitrogens with zero attached hydrogens (tertiary/aromatic N) is 3. The molecule has 10 nitrogen and oxygen atoms in total. The van der Waals surface area contributed by atoms with Crippen molar-refractivity contribution in [2.45, 2.75) is 12.3 Å². The summed E-state index contributed by atoms with van der Waals surface area (Å²) in [5, 5.41) is 16.6. The van der Waals surface area contributed by atoms with Crippen molar-refractivity contribution in [3.8, 4) is 17.4 Å². The van der Waals surface area contributed by atoms with Crippen molar-refractivity contribution >= 4 is 11.5 Å². The van der Waals surface area contributed by atoms with Gasteiger partial charge in [0.15, 0.2) is 17.7 Å². The minimum Gasteiger partial charge on any atom is -0.497 e. The molecule has 0 saturated carbocycles. The minimum absolute atomic E-state index is 0.107. The molecule has 11 heteroatoms. The third kappa shape index (κ3) is 3.72. The minimum atomic E-state index is -1.26. The Morgan fingerprint density at radius 1 is 1.38 bits per heavy atom. The largest absolute Gasteiger partial charge is 0.497 e. The van der Waals surface area contributed by atoms with Crippen molar-refractivity contribution in [3.63, 3.8) is 0 Å². The van der Waals surface area contributed by atoms with E-state index in [2.05, 4.69) is 20.4 Å². The smallest absolute Gasteiger partial charge is 0.276 e. The van der Waals surface area contributed by atoms with Gasteiger partial charge in [0.2, 0.25) is 0 Å². The van der Waals surface area contributed by atoms with E-state index in [1.54, 1.807) is 31.4 Å². The Morgan fingerprint density at radius 3 is 3.00 bits per heavy atom. The van der Waals surface area contributed by atoms with Gasteiger partial charge in [-0.25, -0.2) is 9.37 Å². The van der Waals surface area contributed by atoms with E-state index in [0.717, 1.165) is 0 Å². The fourth-order valence-corrected chi connectivity index (χ4v) is 3.00. The second kappa shape index (κ2) is 7.80. The Labute approximate surface area is 163 Å². The van der Waals surface area contributed by atoms with Gasteiger partial charge in [-0.05, 0) is 17.3 Å². The molecule has 2 atom stereocenters. The molecule has 0 aliphatic carbocycles. The van der Waals surface area contributed by atoms with Crippen molar-refractivity contribution in [1.82, 2.24) is 15.1 Å². The third-order valence-corrected chi connectivity index (χ3v) is 4.32. The second-order valence-electron chi connectivity index (χ2n) is 6.29. The summed E-state index contributed by atoms with van der Waals surface area (Å²) in [7, 11) is 1.55. The van der Waals surface area contributed by atoms with Crippen molar-refractivity contribution in [2.24, 2.45) is 0 Å². The zero-order valence-electron chi connectivity index (χ0n) is 15.3. The fourth-order valence-electron chi connectivity index (χ4n) is 3.00. The van der Waals surface area contributed by atoms with Crippen molar-refractivity contribution in [2.75, 3.05) is 30.5 Å². The van der Waals surface area contributed by atoms with Gasteiger partial charge in [0.1, 0.15) is 23.9 Å². The molecule has 1 aliphatic rings. The summed E-state index contributed by atoms with van der Waals surface area (Å²) in [4.78, 5) is 20.2. The lowest BCUT2D eigenvalue weighted by molar-refractivity contribution is 0.142. The number of H-pyrrole nitrogens is 1. The maximum atomic E-state index is 12.9. The van der Waals surface area contributed by atoms with Gasteiger partial charge in [0.05, 0.1) is 26.1 Å². The van der Waals surface area contributed by atoms with Gasteiger partial charge in [0, 0.05) is 12.1 Å². The maximum absolute atomic E-state index is 12.9. The number of halogens is 1. The van der Waals surface area contributed by atoms with E-state index in [9.17, 15) is 14.3 Å². The normalized spacial score (nSPS) is 16.2. The molecule has 0 bridgehead atoms. The molecule has 3 N–H and O–H groups in total. The van der Waals surface area contributed by atoms with Crippen LogP contribution in [-0.4, -0.2) is 46.7 Å². The number of aliphatic hydroxyl groups is 1. The highest BCUT2D eigenvalue weighted by Gasteiger charge is 2.37. The quantitative estimate of drug-likeness (QED) is 0.541. The predicted molar refractivity (Wildman–Crippen MR) is 100 cm³/mol. The lowest BCUT2D eigenvalue weighted by Gasteiger charge is -2.25. The average Bonchev–Trinajstić information content (AvgIpc) is 3.33. The van der Waals surface area contributed by atoms with Crippen LogP contribution in [-0.2, 0) is 0 Å². The van der Waals surface area contributed by atoms with Crippen LogP contribution in [0.25, 0.3) is 0 Å². The molecule has 0 radical (unpaired) electrons. The standard InChI is InChI=1S/C18H18FN5O5/c1-27-11-3-2-4-12(5-11)28-14-6-13(29-23-14)16-22-15-17(20-9-21-18(15)26)24(16)8-10(25)7-19/h2-6,9-10,16,22,25H,7-8H2,1H3,(H,20,21,26)/t10-,16?/m1/s1. The second-order valence-corrected chi connectivity index (χ2v) is 6.29. The molecular weight excluding hydrogens is 385 g/mol. The van der Waals surface area contributed by atoms with Crippen LogP contribution in [0.5, 0.6) is 17.4 Å². The summed E-state index contributed by atoms with van der Waals surface area (Å²) >= 11 is 0. The van der Waals surface area contributed by atoms with E-state index in [0.29, 0.717) is 17.3 Å². The van der Waals surface area contributed by atoms with Gasteiger partial charge < -0.3 is 34.3 Å². The number of nitrogens with one attached hydrogen (secondary N) is 2. The van der Waals surface area contributed by atoms with Crippen LogP contribution in [0, 0.1) is 0 Å². The molecule has 3 heterocycles. The van der Waals surface area contributed by atoms with Crippen LogP contribution in [0.2, 0.25) is 0 Å². The molecular formula is C18H18FN5O5. The average molecular weight is 403 g/mol. The first-order valence-electron chi connectivity index (χ1n) is 8.72. The molecule has 4 rings (SSSR count). The number of aliphatic hydroxyl groups excluding tert-OH is 1. The molecule has 2 aromatic heterocycles. The molecule has 3 aromatic rings. The first-order valence-corrected chi connectivity index (χ1v) is 8.72. The number of alkyl halides is 1. The highest BCUT2D eigenvalue weighted by atomic mass is 19.1. The number of fused-ring (bicyclic) bond motifs is 1. The zero-order valence-corrected chi connectivity index (χ0v) is 15.3. The Kier molecular flexibility index (Phi) is 5.04. The van der Waals surface area contributed by atoms with Crippen LogP contribution < -0.4 is 25.2 Å². The number of hydrogen-bond donors (Lipinski definition) is 3. The van der Waals surface area contributed by atoms with Crippen molar-refractivity contribution < 1.29 is 23.5 Å². The molecule has 0 spiro atoms. The molecule has 0 saturated heterocycles. The molecule has 29 heavy (non-hydrogen) atoms. The Hall–Kier alpha value is -3.60. The van der Waals surface area contributed by atoms with Crippen LogP contribution in [0.15, 0.2) is 46.0 Å². The zero-order chi connectivity index (χ0) is 20.4. The molecule has 1 aromatic carbocycles. The van der Waals surface area contributed by atoms with E-state index in [1.807, 2.05) is 0 Å². The highest BCUT2D eigenvalue weighted by molar-refractivity contribution is 5.71. The highest BCUT2D eigenvalue weighted by Crippen LogP contribution is 2.38. The maximum Gasteiger partial charge on any atom is 0.276 e. The van der Waals surface area contributed by atoms with Crippen LogP contribution in [0.3, 0.4) is 0 Å². The van der Waals surface area contributed by atoms with E-state index in [4.69, 9.17) is 14.0 Å². The number of methoxy groups -OCH3 is 1.